The van der Waals surface area contributed by atoms with Crippen LogP contribution in [0, 0.1) is 0 Å². The summed E-state index contributed by atoms with van der Waals surface area (Å²) in [6.45, 7) is 1.20. The quantitative estimate of drug-likeness (QED) is 0.672. The molecule has 1 aliphatic rings. The maximum Gasteiger partial charge on any atom is 0.326 e. The summed E-state index contributed by atoms with van der Waals surface area (Å²) in [6, 6.07) is 2.52. The second-order valence-corrected chi connectivity index (χ2v) is 5.67. The first-order chi connectivity index (χ1) is 11.5. The molecule has 0 radical (unpaired) electrons. The van der Waals surface area contributed by atoms with Gasteiger partial charge in [-0.3, -0.25) is 19.5 Å². The third kappa shape index (κ3) is 3.88. The normalized spacial score (nSPS) is 17.5. The molecule has 2 rings (SSSR count). The number of hydrogen-bond acceptors (Lipinski definition) is 5. The molecule has 8 nitrogen and oxygen atoms in total. The van der Waals surface area contributed by atoms with E-state index < -0.39 is 12.1 Å². The predicted molar refractivity (Wildman–Crippen MR) is 85.9 cm³/mol. The van der Waals surface area contributed by atoms with Gasteiger partial charge in [0.1, 0.15) is 6.04 Å². The maximum atomic E-state index is 12.7. The molecule has 0 aliphatic carbocycles. The number of urea groups is 1. The molecule has 130 valence electrons. The van der Waals surface area contributed by atoms with Crippen molar-refractivity contribution < 1.29 is 19.1 Å². The third-order valence-electron chi connectivity index (χ3n) is 4.08. The van der Waals surface area contributed by atoms with E-state index in [9.17, 15) is 14.4 Å². The van der Waals surface area contributed by atoms with E-state index in [1.165, 1.54) is 19.0 Å². The minimum absolute atomic E-state index is 0.0415. The molecule has 0 aromatic carbocycles. The molecule has 8 heteroatoms. The minimum Gasteiger partial charge on any atom is -0.383 e. The smallest absolute Gasteiger partial charge is 0.326 e. The first-order valence-electron chi connectivity index (χ1n) is 7.65. The Kier molecular flexibility index (Phi) is 5.86. The molecule has 1 aromatic rings. The Labute approximate surface area is 141 Å². The van der Waals surface area contributed by atoms with Crippen molar-refractivity contribution >= 4 is 17.8 Å². The summed E-state index contributed by atoms with van der Waals surface area (Å²) in [5.74, 6) is -0.552. The van der Waals surface area contributed by atoms with Crippen LogP contribution in [-0.2, 0) is 20.9 Å². The number of hydrogen-bond donors (Lipinski definition) is 0. The fourth-order valence-corrected chi connectivity index (χ4v) is 2.57. The van der Waals surface area contributed by atoms with E-state index in [4.69, 9.17) is 4.74 Å². The zero-order valence-electron chi connectivity index (χ0n) is 14.1. The van der Waals surface area contributed by atoms with E-state index in [-0.39, 0.29) is 18.2 Å². The number of rotatable bonds is 7. The molecule has 1 aliphatic heterocycles. The number of methoxy groups -OCH3 is 1. The number of nitrogens with zero attached hydrogens (tertiary/aromatic N) is 4. The molecule has 1 atom stereocenters. The topological polar surface area (TPSA) is 83.0 Å². The van der Waals surface area contributed by atoms with Gasteiger partial charge in [-0.25, -0.2) is 4.79 Å². The molecule has 1 saturated heterocycles. The van der Waals surface area contributed by atoms with Crippen LogP contribution in [0.25, 0.3) is 0 Å². The van der Waals surface area contributed by atoms with Crippen molar-refractivity contribution in [2.24, 2.45) is 0 Å². The number of aromatic nitrogens is 1. The van der Waals surface area contributed by atoms with Gasteiger partial charge in [-0.2, -0.15) is 0 Å². The van der Waals surface area contributed by atoms with Gasteiger partial charge in [0, 0.05) is 46.7 Å². The minimum atomic E-state index is -0.752. The molecule has 0 unspecified atom stereocenters. The van der Waals surface area contributed by atoms with Crippen LogP contribution >= 0.6 is 0 Å². The molecule has 24 heavy (non-hydrogen) atoms. The van der Waals surface area contributed by atoms with Crippen LogP contribution in [0.5, 0.6) is 0 Å². The molecular weight excluding hydrogens is 312 g/mol. The molecule has 0 bridgehead atoms. The monoisotopic (exact) mass is 334 g/mol. The fraction of sp³-hybridized carbons (Fsp3) is 0.500. The van der Waals surface area contributed by atoms with Crippen molar-refractivity contribution in [2.75, 3.05) is 34.4 Å². The molecule has 1 aromatic heterocycles. The lowest BCUT2D eigenvalue weighted by Crippen LogP contribution is -2.40. The highest BCUT2D eigenvalue weighted by Gasteiger charge is 2.42. The number of ether oxygens (including phenoxy) is 1. The molecule has 0 spiro atoms. The van der Waals surface area contributed by atoms with E-state index >= 15 is 0 Å². The number of pyridine rings is 1. The standard InChI is InChI=1S/C16H22N4O4/c1-18-13(15(22)19(2)16(18)23)10-14(21)20(8-9-24-3)11-12-4-6-17-7-5-12/h4-7,13H,8-11H2,1-3H3/t13-/m1/s1. The number of carbonyl (C=O) groups excluding carboxylic acids is 3. The van der Waals surface area contributed by atoms with Gasteiger partial charge >= 0.3 is 6.03 Å². The average molecular weight is 334 g/mol. The summed E-state index contributed by atoms with van der Waals surface area (Å²) in [7, 11) is 4.52. The van der Waals surface area contributed by atoms with Crippen LogP contribution in [0.15, 0.2) is 24.5 Å². The van der Waals surface area contributed by atoms with Crippen LogP contribution in [0.4, 0.5) is 4.79 Å². The van der Waals surface area contributed by atoms with Crippen molar-refractivity contribution in [3.63, 3.8) is 0 Å². The molecule has 4 amide bonds. The SMILES string of the molecule is COCCN(Cc1ccncc1)C(=O)C[C@@H]1C(=O)N(C)C(=O)N1C. The van der Waals surface area contributed by atoms with E-state index in [0.717, 1.165) is 10.5 Å². The van der Waals surface area contributed by atoms with Gasteiger partial charge in [-0.05, 0) is 17.7 Å². The fourth-order valence-electron chi connectivity index (χ4n) is 2.57. The second kappa shape index (κ2) is 7.87. The number of carbonyl (C=O) groups is 3. The van der Waals surface area contributed by atoms with Gasteiger partial charge in [-0.1, -0.05) is 0 Å². The Morgan fingerprint density at radius 2 is 1.96 bits per heavy atom. The van der Waals surface area contributed by atoms with Crippen LogP contribution < -0.4 is 0 Å². The van der Waals surface area contributed by atoms with Crippen LogP contribution in [0.2, 0.25) is 0 Å². The van der Waals surface area contributed by atoms with E-state index in [1.54, 1.807) is 24.4 Å². The number of likely N-dealkylation sites (N-methyl/N-ethyl adjacent to an activating group) is 2. The van der Waals surface area contributed by atoms with Gasteiger partial charge in [-0.15, -0.1) is 0 Å². The lowest BCUT2D eigenvalue weighted by atomic mass is 10.1. The number of amides is 4. The lowest BCUT2D eigenvalue weighted by molar-refractivity contribution is -0.137. The number of imide groups is 1. The van der Waals surface area contributed by atoms with Crippen LogP contribution in [0.1, 0.15) is 12.0 Å². The first-order valence-corrected chi connectivity index (χ1v) is 7.65. The van der Waals surface area contributed by atoms with Gasteiger partial charge in [0.15, 0.2) is 0 Å². The van der Waals surface area contributed by atoms with Gasteiger partial charge < -0.3 is 14.5 Å². The highest BCUT2D eigenvalue weighted by atomic mass is 16.5. The molecular formula is C16H22N4O4. The summed E-state index contributed by atoms with van der Waals surface area (Å²) in [6.07, 6.45) is 3.28. The second-order valence-electron chi connectivity index (χ2n) is 5.67. The Balaban J connectivity index is 2.07. The van der Waals surface area contributed by atoms with Gasteiger partial charge in [0.25, 0.3) is 5.91 Å². The maximum absolute atomic E-state index is 12.7. The van der Waals surface area contributed by atoms with Crippen molar-refractivity contribution in [3.8, 4) is 0 Å². The Hall–Kier alpha value is -2.48. The largest absolute Gasteiger partial charge is 0.383 e. The van der Waals surface area contributed by atoms with E-state index in [1.807, 2.05) is 12.1 Å². The molecule has 1 fully saturated rings. The Morgan fingerprint density at radius 3 is 2.50 bits per heavy atom. The van der Waals surface area contributed by atoms with Crippen molar-refractivity contribution in [1.29, 1.82) is 0 Å². The van der Waals surface area contributed by atoms with Crippen molar-refractivity contribution in [3.05, 3.63) is 30.1 Å². The van der Waals surface area contributed by atoms with E-state index in [0.29, 0.717) is 19.7 Å². The zero-order valence-corrected chi connectivity index (χ0v) is 14.1. The predicted octanol–water partition coefficient (Wildman–Crippen LogP) is 0.339. The summed E-state index contributed by atoms with van der Waals surface area (Å²) in [4.78, 5) is 44.5. The summed E-state index contributed by atoms with van der Waals surface area (Å²) >= 11 is 0. The molecule has 0 saturated carbocycles. The Bertz CT molecular complexity index is 607. The van der Waals surface area contributed by atoms with Crippen LogP contribution in [0.3, 0.4) is 0 Å². The highest BCUT2D eigenvalue weighted by molar-refractivity contribution is 6.05. The van der Waals surface area contributed by atoms with Crippen molar-refractivity contribution in [1.82, 2.24) is 19.7 Å². The summed E-state index contributed by atoms with van der Waals surface area (Å²) in [5, 5.41) is 0. The first kappa shape index (κ1) is 17.9. The summed E-state index contributed by atoms with van der Waals surface area (Å²) in [5.41, 5.74) is 0.939. The average Bonchev–Trinajstić information content (AvgIpc) is 2.77. The summed E-state index contributed by atoms with van der Waals surface area (Å²) < 4.78 is 5.06. The highest BCUT2D eigenvalue weighted by Crippen LogP contribution is 2.18. The molecule has 0 N–H and O–H groups in total. The Morgan fingerprint density at radius 1 is 1.29 bits per heavy atom. The van der Waals surface area contributed by atoms with Gasteiger partial charge in [0.05, 0.1) is 13.0 Å². The third-order valence-corrected chi connectivity index (χ3v) is 4.08. The van der Waals surface area contributed by atoms with E-state index in [2.05, 4.69) is 4.98 Å². The van der Waals surface area contributed by atoms with Gasteiger partial charge in [0.2, 0.25) is 5.91 Å². The van der Waals surface area contributed by atoms with Crippen LogP contribution in [-0.4, -0.2) is 77.9 Å². The lowest BCUT2D eigenvalue weighted by Gasteiger charge is -2.25. The van der Waals surface area contributed by atoms with Crippen molar-refractivity contribution in [2.45, 2.75) is 19.0 Å². The zero-order chi connectivity index (χ0) is 17.7. The molecule has 2 heterocycles.